The van der Waals surface area contributed by atoms with E-state index in [4.69, 9.17) is 10.2 Å². The van der Waals surface area contributed by atoms with E-state index in [1.54, 1.807) is 12.3 Å². The third-order valence-corrected chi connectivity index (χ3v) is 1.90. The van der Waals surface area contributed by atoms with Crippen LogP contribution in [0.1, 0.15) is 16.2 Å². The summed E-state index contributed by atoms with van der Waals surface area (Å²) in [5.74, 6) is -0.231. The summed E-state index contributed by atoms with van der Waals surface area (Å²) in [5, 5.41) is 0. The molecule has 0 bridgehead atoms. The van der Waals surface area contributed by atoms with Crippen LogP contribution in [0.5, 0.6) is 0 Å². The first-order chi connectivity index (χ1) is 7.16. The molecule has 0 saturated heterocycles. The maximum Gasteiger partial charge on any atom is 0.270 e. The van der Waals surface area contributed by atoms with Crippen LogP contribution in [0.25, 0.3) is 11.5 Å². The first kappa shape index (κ1) is 9.39. The summed E-state index contributed by atoms with van der Waals surface area (Å²) in [4.78, 5) is 18.8. The number of hydrogen-bond donors (Lipinski definition) is 1. The second kappa shape index (κ2) is 3.53. The van der Waals surface area contributed by atoms with Gasteiger partial charge >= 0.3 is 0 Å². The molecule has 1 amide bonds. The SMILES string of the molecule is Cc1cc(-c2nc(C(N)=O)co2)ccn1. The molecule has 0 radical (unpaired) electrons. The maximum atomic E-state index is 10.8. The Bertz CT molecular complexity index is 505. The zero-order valence-electron chi connectivity index (χ0n) is 8.10. The molecule has 2 rings (SSSR count). The molecular formula is C10H9N3O2. The van der Waals surface area contributed by atoms with Gasteiger partial charge in [0, 0.05) is 17.5 Å². The van der Waals surface area contributed by atoms with E-state index in [1.165, 1.54) is 6.26 Å². The van der Waals surface area contributed by atoms with Crippen LogP contribution in [0.4, 0.5) is 0 Å². The van der Waals surface area contributed by atoms with Crippen molar-refractivity contribution in [2.24, 2.45) is 5.73 Å². The van der Waals surface area contributed by atoms with Crippen molar-refractivity contribution < 1.29 is 9.21 Å². The van der Waals surface area contributed by atoms with E-state index in [-0.39, 0.29) is 5.69 Å². The van der Waals surface area contributed by atoms with Gasteiger partial charge in [0.1, 0.15) is 6.26 Å². The molecule has 0 aliphatic rings. The number of nitrogens with zero attached hydrogens (tertiary/aromatic N) is 2. The fourth-order valence-electron chi connectivity index (χ4n) is 1.20. The van der Waals surface area contributed by atoms with Gasteiger partial charge in [0.25, 0.3) is 5.91 Å². The number of oxazole rings is 1. The van der Waals surface area contributed by atoms with Gasteiger partial charge in [-0.25, -0.2) is 4.98 Å². The summed E-state index contributed by atoms with van der Waals surface area (Å²) in [7, 11) is 0. The Morgan fingerprint density at radius 2 is 2.33 bits per heavy atom. The van der Waals surface area contributed by atoms with Crippen molar-refractivity contribution in [3.8, 4) is 11.5 Å². The zero-order chi connectivity index (χ0) is 10.8. The monoisotopic (exact) mass is 203 g/mol. The summed E-state index contributed by atoms with van der Waals surface area (Å²) in [5.41, 5.74) is 6.81. The van der Waals surface area contributed by atoms with Crippen LogP contribution < -0.4 is 5.73 Å². The molecule has 2 N–H and O–H groups in total. The van der Waals surface area contributed by atoms with Crippen LogP contribution in [0.3, 0.4) is 0 Å². The first-order valence-corrected chi connectivity index (χ1v) is 4.35. The highest BCUT2D eigenvalue weighted by Gasteiger charge is 2.10. The molecule has 0 atom stereocenters. The van der Waals surface area contributed by atoms with E-state index in [2.05, 4.69) is 9.97 Å². The number of hydrogen-bond acceptors (Lipinski definition) is 4. The second-order valence-electron chi connectivity index (χ2n) is 3.09. The van der Waals surface area contributed by atoms with Crippen molar-refractivity contribution in [3.63, 3.8) is 0 Å². The van der Waals surface area contributed by atoms with Crippen molar-refractivity contribution in [3.05, 3.63) is 36.0 Å². The van der Waals surface area contributed by atoms with E-state index in [0.29, 0.717) is 5.89 Å². The molecule has 0 aliphatic carbocycles. The predicted octanol–water partition coefficient (Wildman–Crippen LogP) is 1.14. The molecule has 0 fully saturated rings. The van der Waals surface area contributed by atoms with E-state index >= 15 is 0 Å². The summed E-state index contributed by atoms with van der Waals surface area (Å²) in [6, 6.07) is 3.57. The molecule has 2 aromatic rings. The molecule has 2 aromatic heterocycles. The predicted molar refractivity (Wildman–Crippen MR) is 53.0 cm³/mol. The van der Waals surface area contributed by atoms with Gasteiger partial charge < -0.3 is 10.2 Å². The fraction of sp³-hybridized carbons (Fsp3) is 0.100. The Balaban J connectivity index is 2.41. The van der Waals surface area contributed by atoms with Gasteiger partial charge in [0.2, 0.25) is 5.89 Å². The Morgan fingerprint density at radius 1 is 1.53 bits per heavy atom. The van der Waals surface area contributed by atoms with Gasteiger partial charge in [-0.2, -0.15) is 0 Å². The number of aryl methyl sites for hydroxylation is 1. The number of carbonyl (C=O) groups excluding carboxylic acids is 1. The highest BCUT2D eigenvalue weighted by molar-refractivity contribution is 5.90. The summed E-state index contributed by atoms with van der Waals surface area (Å²) in [6.07, 6.45) is 2.90. The number of aromatic nitrogens is 2. The minimum Gasteiger partial charge on any atom is -0.444 e. The quantitative estimate of drug-likeness (QED) is 0.793. The number of amides is 1. The third-order valence-electron chi connectivity index (χ3n) is 1.90. The minimum absolute atomic E-state index is 0.125. The molecular weight excluding hydrogens is 194 g/mol. The van der Waals surface area contributed by atoms with E-state index in [1.807, 2.05) is 13.0 Å². The Morgan fingerprint density at radius 3 is 2.93 bits per heavy atom. The minimum atomic E-state index is -0.601. The zero-order valence-corrected chi connectivity index (χ0v) is 8.10. The number of carbonyl (C=O) groups is 1. The summed E-state index contributed by atoms with van der Waals surface area (Å²) < 4.78 is 5.13. The molecule has 76 valence electrons. The van der Waals surface area contributed by atoms with Crippen molar-refractivity contribution in [2.75, 3.05) is 0 Å². The van der Waals surface area contributed by atoms with Gasteiger partial charge in [-0.05, 0) is 19.1 Å². The lowest BCUT2D eigenvalue weighted by Gasteiger charge is -1.95. The van der Waals surface area contributed by atoms with Gasteiger partial charge in [-0.1, -0.05) is 0 Å². The maximum absolute atomic E-state index is 10.8. The standard InChI is InChI=1S/C10H9N3O2/c1-6-4-7(2-3-12-6)10-13-8(5-15-10)9(11)14/h2-5H,1H3,(H2,11,14). The number of nitrogens with two attached hydrogens (primary N) is 1. The van der Waals surface area contributed by atoms with Crippen LogP contribution in [0, 0.1) is 6.92 Å². The van der Waals surface area contributed by atoms with Crippen LogP contribution in [-0.2, 0) is 0 Å². The fourth-order valence-corrected chi connectivity index (χ4v) is 1.20. The topological polar surface area (TPSA) is 82.0 Å². The lowest BCUT2D eigenvalue weighted by atomic mass is 10.2. The molecule has 15 heavy (non-hydrogen) atoms. The Hall–Kier alpha value is -2.17. The van der Waals surface area contributed by atoms with Crippen LogP contribution in [0.15, 0.2) is 29.0 Å². The van der Waals surface area contributed by atoms with Gasteiger partial charge in [0.15, 0.2) is 5.69 Å². The third kappa shape index (κ3) is 1.85. The molecule has 0 aromatic carbocycles. The largest absolute Gasteiger partial charge is 0.444 e. The molecule has 0 unspecified atom stereocenters. The number of primary amides is 1. The van der Waals surface area contributed by atoms with Crippen molar-refractivity contribution in [1.29, 1.82) is 0 Å². The Labute approximate surface area is 86.0 Å². The van der Waals surface area contributed by atoms with Crippen LogP contribution in [-0.4, -0.2) is 15.9 Å². The van der Waals surface area contributed by atoms with Crippen molar-refractivity contribution in [1.82, 2.24) is 9.97 Å². The van der Waals surface area contributed by atoms with E-state index < -0.39 is 5.91 Å². The number of pyridine rings is 1. The second-order valence-corrected chi connectivity index (χ2v) is 3.09. The highest BCUT2D eigenvalue weighted by atomic mass is 16.3. The normalized spacial score (nSPS) is 10.2. The van der Waals surface area contributed by atoms with E-state index in [0.717, 1.165) is 11.3 Å². The average Bonchev–Trinajstić information content (AvgIpc) is 2.66. The molecule has 0 spiro atoms. The molecule has 2 heterocycles. The average molecular weight is 203 g/mol. The number of rotatable bonds is 2. The molecule has 5 nitrogen and oxygen atoms in total. The lowest BCUT2D eigenvalue weighted by Crippen LogP contribution is -2.10. The van der Waals surface area contributed by atoms with E-state index in [9.17, 15) is 4.79 Å². The first-order valence-electron chi connectivity index (χ1n) is 4.35. The summed E-state index contributed by atoms with van der Waals surface area (Å²) >= 11 is 0. The highest BCUT2D eigenvalue weighted by Crippen LogP contribution is 2.18. The molecule has 0 saturated carbocycles. The van der Waals surface area contributed by atoms with Gasteiger partial charge in [0.05, 0.1) is 0 Å². The van der Waals surface area contributed by atoms with Crippen molar-refractivity contribution in [2.45, 2.75) is 6.92 Å². The van der Waals surface area contributed by atoms with Gasteiger partial charge in [-0.15, -0.1) is 0 Å². The van der Waals surface area contributed by atoms with Crippen LogP contribution in [0.2, 0.25) is 0 Å². The Kier molecular flexibility index (Phi) is 2.21. The van der Waals surface area contributed by atoms with Crippen molar-refractivity contribution >= 4 is 5.91 Å². The smallest absolute Gasteiger partial charge is 0.270 e. The molecule has 0 aliphatic heterocycles. The lowest BCUT2D eigenvalue weighted by molar-refractivity contribution is 0.0995. The molecule has 5 heteroatoms. The van der Waals surface area contributed by atoms with Gasteiger partial charge in [-0.3, -0.25) is 9.78 Å². The summed E-state index contributed by atoms with van der Waals surface area (Å²) in [6.45, 7) is 1.86. The van der Waals surface area contributed by atoms with Crippen LogP contribution >= 0.6 is 0 Å².